The number of fused-ring (bicyclic) bond motifs is 4. The van der Waals surface area contributed by atoms with E-state index in [-0.39, 0.29) is 18.4 Å². The van der Waals surface area contributed by atoms with Crippen LogP contribution in [0.1, 0.15) is 64.4 Å². The van der Waals surface area contributed by atoms with Crippen molar-refractivity contribution in [1.29, 1.82) is 0 Å². The average Bonchev–Trinajstić information content (AvgIpc) is 3.28. The van der Waals surface area contributed by atoms with Gasteiger partial charge < -0.3 is 24.1 Å². The Kier molecular flexibility index (Phi) is 6.24. The predicted octanol–water partition coefficient (Wildman–Crippen LogP) is 4.54. The summed E-state index contributed by atoms with van der Waals surface area (Å²) in [6.45, 7) is 7.57. The van der Waals surface area contributed by atoms with Gasteiger partial charge >= 0.3 is 0 Å². The van der Waals surface area contributed by atoms with Crippen LogP contribution in [0.5, 0.6) is 11.5 Å². The minimum absolute atomic E-state index is 0.0474. The Balaban J connectivity index is 1.58. The average molecular weight is 475 g/mol. The van der Waals surface area contributed by atoms with E-state index in [1.54, 1.807) is 0 Å². The molecule has 1 aromatic heterocycles. The summed E-state index contributed by atoms with van der Waals surface area (Å²) in [7, 11) is 0. The zero-order valence-corrected chi connectivity index (χ0v) is 20.3. The van der Waals surface area contributed by atoms with Crippen molar-refractivity contribution >= 4 is 11.8 Å². The Hall–Kier alpha value is -3.74. The molecule has 2 aliphatic heterocycles. The van der Waals surface area contributed by atoms with E-state index in [1.807, 2.05) is 74.2 Å². The summed E-state index contributed by atoms with van der Waals surface area (Å²) >= 11 is 0. The Morgan fingerprint density at radius 3 is 2.51 bits per heavy atom. The van der Waals surface area contributed by atoms with Gasteiger partial charge in [0.15, 0.2) is 11.5 Å². The molecule has 0 aliphatic carbocycles. The molecule has 2 aromatic carbocycles. The van der Waals surface area contributed by atoms with Gasteiger partial charge in [-0.2, -0.15) is 0 Å². The molecule has 2 atom stereocenters. The minimum Gasteiger partial charge on any atom is -0.490 e. The van der Waals surface area contributed by atoms with E-state index in [0.717, 1.165) is 22.5 Å². The number of nitrogens with one attached hydrogen (secondary N) is 1. The summed E-state index contributed by atoms with van der Waals surface area (Å²) in [6, 6.07) is 14.7. The molecule has 7 heteroatoms. The maximum atomic E-state index is 13.7. The third-order valence-corrected chi connectivity index (χ3v) is 6.70. The number of benzene rings is 2. The molecule has 3 heterocycles. The van der Waals surface area contributed by atoms with Crippen LogP contribution in [0.2, 0.25) is 0 Å². The molecule has 0 fully saturated rings. The summed E-state index contributed by atoms with van der Waals surface area (Å²) in [5.74, 6) is 2.05. The first-order valence-corrected chi connectivity index (χ1v) is 12.2. The van der Waals surface area contributed by atoms with Crippen molar-refractivity contribution < 1.29 is 23.5 Å². The van der Waals surface area contributed by atoms with Crippen molar-refractivity contribution in [3.8, 4) is 11.5 Å². The van der Waals surface area contributed by atoms with Crippen molar-refractivity contribution in [2.75, 3.05) is 19.8 Å². The Morgan fingerprint density at radius 2 is 1.80 bits per heavy atom. The highest BCUT2D eigenvalue weighted by Gasteiger charge is 2.46. The number of hydrogen-bond donors (Lipinski definition) is 1. The molecular formula is C28H30N2O5. The quantitative estimate of drug-likeness (QED) is 0.544. The second-order valence-corrected chi connectivity index (χ2v) is 8.85. The van der Waals surface area contributed by atoms with E-state index in [4.69, 9.17) is 13.9 Å². The van der Waals surface area contributed by atoms with E-state index in [2.05, 4.69) is 5.32 Å². The molecule has 0 bridgehead atoms. The van der Waals surface area contributed by atoms with E-state index in [1.165, 1.54) is 0 Å². The molecule has 0 spiro atoms. The Morgan fingerprint density at radius 1 is 1.06 bits per heavy atom. The monoisotopic (exact) mass is 474 g/mol. The van der Waals surface area contributed by atoms with Crippen LogP contribution < -0.4 is 14.8 Å². The highest BCUT2D eigenvalue weighted by atomic mass is 16.5. The number of carbonyl (C=O) groups is 2. The van der Waals surface area contributed by atoms with Crippen LogP contribution in [0.4, 0.5) is 0 Å². The Labute approximate surface area is 205 Å². The summed E-state index contributed by atoms with van der Waals surface area (Å²) < 4.78 is 17.4. The fourth-order valence-corrected chi connectivity index (χ4v) is 5.22. The lowest BCUT2D eigenvalue weighted by atomic mass is 9.75. The molecule has 0 saturated heterocycles. The van der Waals surface area contributed by atoms with Crippen molar-refractivity contribution in [2.24, 2.45) is 0 Å². The van der Waals surface area contributed by atoms with Gasteiger partial charge in [-0.3, -0.25) is 9.59 Å². The van der Waals surface area contributed by atoms with Gasteiger partial charge in [-0.1, -0.05) is 18.2 Å². The lowest BCUT2D eigenvalue weighted by Gasteiger charge is -2.45. The number of aryl methyl sites for hydroxylation is 1. The first-order valence-electron chi connectivity index (χ1n) is 12.2. The van der Waals surface area contributed by atoms with Gasteiger partial charge in [0.1, 0.15) is 11.5 Å². The minimum atomic E-state index is -0.563. The normalized spacial score (nSPS) is 18.4. The zero-order valence-electron chi connectivity index (χ0n) is 20.3. The number of amides is 2. The number of hydrogen-bond acceptors (Lipinski definition) is 5. The smallest absolute Gasteiger partial charge is 0.254 e. The van der Waals surface area contributed by atoms with Crippen molar-refractivity contribution in [3.63, 3.8) is 0 Å². The molecule has 7 nitrogen and oxygen atoms in total. The van der Waals surface area contributed by atoms with Crippen LogP contribution in [0, 0.1) is 6.92 Å². The molecule has 2 amide bonds. The first-order chi connectivity index (χ1) is 17.0. The highest BCUT2D eigenvalue weighted by molar-refractivity contribution is 6.01. The van der Waals surface area contributed by atoms with Gasteiger partial charge in [-0.15, -0.1) is 0 Å². The van der Waals surface area contributed by atoms with Crippen LogP contribution in [-0.4, -0.2) is 36.5 Å². The summed E-state index contributed by atoms with van der Waals surface area (Å²) in [6.07, 6.45) is 0.687. The largest absolute Gasteiger partial charge is 0.490 e. The third-order valence-electron chi connectivity index (χ3n) is 6.70. The lowest BCUT2D eigenvalue weighted by Crippen LogP contribution is -2.50. The summed E-state index contributed by atoms with van der Waals surface area (Å²) in [5, 5.41) is 3.05. The lowest BCUT2D eigenvalue weighted by molar-refractivity contribution is -0.124. The topological polar surface area (TPSA) is 81.0 Å². The van der Waals surface area contributed by atoms with Gasteiger partial charge in [-0.05, 0) is 74.2 Å². The molecule has 2 aliphatic rings. The van der Waals surface area contributed by atoms with E-state index < -0.39 is 12.0 Å². The number of furan rings is 1. The van der Waals surface area contributed by atoms with Crippen molar-refractivity contribution in [1.82, 2.24) is 10.2 Å². The number of carbonyl (C=O) groups excluding carboxylic acids is 2. The van der Waals surface area contributed by atoms with Crippen LogP contribution >= 0.6 is 0 Å². The molecule has 182 valence electrons. The second kappa shape index (κ2) is 9.49. The molecule has 35 heavy (non-hydrogen) atoms. The van der Waals surface area contributed by atoms with Gasteiger partial charge in [0.05, 0.1) is 31.7 Å². The van der Waals surface area contributed by atoms with Crippen LogP contribution in [0.25, 0.3) is 0 Å². The summed E-state index contributed by atoms with van der Waals surface area (Å²) in [5.41, 5.74) is 3.33. The van der Waals surface area contributed by atoms with Gasteiger partial charge in [0, 0.05) is 12.1 Å². The molecule has 0 unspecified atom stereocenters. The molecule has 5 rings (SSSR count). The molecule has 1 N–H and O–H groups in total. The molecule has 3 aromatic rings. The van der Waals surface area contributed by atoms with Crippen molar-refractivity contribution in [3.05, 3.63) is 82.3 Å². The van der Waals surface area contributed by atoms with E-state index in [9.17, 15) is 9.59 Å². The number of nitrogens with zero attached hydrogens (tertiary/aromatic N) is 1. The van der Waals surface area contributed by atoms with Crippen LogP contribution in [0.3, 0.4) is 0 Å². The predicted molar refractivity (Wildman–Crippen MR) is 131 cm³/mol. The molecular weight excluding hydrogens is 444 g/mol. The van der Waals surface area contributed by atoms with Gasteiger partial charge in [-0.25, -0.2) is 0 Å². The Bertz CT molecular complexity index is 1260. The molecule has 0 radical (unpaired) electrons. The first kappa shape index (κ1) is 23.0. The maximum Gasteiger partial charge on any atom is 0.254 e. The fourth-order valence-electron chi connectivity index (χ4n) is 5.22. The van der Waals surface area contributed by atoms with Crippen molar-refractivity contribution in [2.45, 2.75) is 45.7 Å². The zero-order chi connectivity index (χ0) is 24.5. The standard InChI is InChI=1S/C28H30N2O5/c1-4-33-23-14-18-12-13-30-26(22(18)15-24(23)34-5-2)25(20-8-6-7-9-21(20)28(30)32)27(31)29-16-19-11-10-17(3)35-19/h6-11,14-15,25-26H,4-5,12-13,16H2,1-3H3,(H,29,31)/t25-,26-/m0/s1. The van der Waals surface area contributed by atoms with E-state index >= 15 is 0 Å². The fraction of sp³-hybridized carbons (Fsp3) is 0.357. The van der Waals surface area contributed by atoms with Crippen LogP contribution in [-0.2, 0) is 17.8 Å². The van der Waals surface area contributed by atoms with Gasteiger partial charge in [0.2, 0.25) is 5.91 Å². The SMILES string of the molecule is CCOc1cc2c(cc1OCC)[C@H]1[C@@H](C(=O)NCc3ccc(C)o3)c3ccccc3C(=O)N1CC2. The van der Waals surface area contributed by atoms with Gasteiger partial charge in [0.25, 0.3) is 5.91 Å². The molecule has 0 saturated carbocycles. The second-order valence-electron chi connectivity index (χ2n) is 8.85. The highest BCUT2D eigenvalue weighted by Crippen LogP contribution is 2.48. The summed E-state index contributed by atoms with van der Waals surface area (Å²) in [4.78, 5) is 29.1. The maximum absolute atomic E-state index is 13.7. The van der Waals surface area contributed by atoms with Crippen LogP contribution in [0.15, 0.2) is 52.9 Å². The van der Waals surface area contributed by atoms with E-state index in [0.29, 0.717) is 49.0 Å². The number of rotatable bonds is 7. The third kappa shape index (κ3) is 4.16. The number of ether oxygens (including phenoxy) is 2.